The van der Waals surface area contributed by atoms with E-state index in [1.54, 1.807) is 10.9 Å². The van der Waals surface area contributed by atoms with Gasteiger partial charge in [0.1, 0.15) is 12.4 Å². The maximum absolute atomic E-state index is 14.1. The highest BCUT2D eigenvalue weighted by Crippen LogP contribution is 2.19. The van der Waals surface area contributed by atoms with Crippen LogP contribution >= 0.6 is 11.6 Å². The third-order valence-corrected chi connectivity index (χ3v) is 5.86. The number of amides is 1. The maximum atomic E-state index is 14.1. The van der Waals surface area contributed by atoms with Crippen LogP contribution in [0.25, 0.3) is 11.2 Å². The van der Waals surface area contributed by atoms with E-state index in [1.165, 1.54) is 16.7 Å². The number of hydrogen-bond acceptors (Lipinski definition) is 4. The molecule has 0 aliphatic rings. The van der Waals surface area contributed by atoms with Gasteiger partial charge in [-0.1, -0.05) is 55.8 Å². The second-order valence-corrected chi connectivity index (χ2v) is 9.15. The average molecular weight is 498 g/mol. The number of benzene rings is 2. The predicted octanol–water partition coefficient (Wildman–Crippen LogP) is 3.89. The minimum atomic E-state index is -0.720. The van der Waals surface area contributed by atoms with E-state index in [4.69, 9.17) is 11.6 Å². The minimum absolute atomic E-state index is 0.0971. The molecule has 4 rings (SSSR count). The highest BCUT2D eigenvalue weighted by molar-refractivity contribution is 6.30. The molecule has 0 aliphatic carbocycles. The first-order valence-corrected chi connectivity index (χ1v) is 11.6. The molecule has 1 amide bonds. The first-order chi connectivity index (χ1) is 16.7. The predicted molar refractivity (Wildman–Crippen MR) is 133 cm³/mol. The molecule has 182 valence electrons. The Kier molecular flexibility index (Phi) is 7.16. The Morgan fingerprint density at radius 1 is 1.11 bits per heavy atom. The van der Waals surface area contributed by atoms with Gasteiger partial charge in [0.2, 0.25) is 5.91 Å². The van der Waals surface area contributed by atoms with E-state index < -0.39 is 29.5 Å². The number of rotatable bonds is 8. The monoisotopic (exact) mass is 497 g/mol. The average Bonchev–Trinajstić information content (AvgIpc) is 3.25. The van der Waals surface area contributed by atoms with Crippen LogP contribution in [0.5, 0.6) is 0 Å². The van der Waals surface area contributed by atoms with Gasteiger partial charge in [-0.3, -0.25) is 14.2 Å². The first kappa shape index (κ1) is 24.4. The van der Waals surface area contributed by atoms with Gasteiger partial charge in [-0.2, -0.15) is 0 Å². The van der Waals surface area contributed by atoms with Crippen LogP contribution in [0.2, 0.25) is 5.02 Å². The fraction of sp³-hybridized carbons (Fsp3) is 0.280. The molecule has 2 aromatic heterocycles. The number of fused-ring (bicyclic) bond motifs is 1. The summed E-state index contributed by atoms with van der Waals surface area (Å²) < 4.78 is 18.1. The lowest BCUT2D eigenvalue weighted by Crippen LogP contribution is -2.43. The first-order valence-electron chi connectivity index (χ1n) is 11.2. The van der Waals surface area contributed by atoms with E-state index in [1.807, 2.05) is 30.3 Å². The Bertz CT molecular complexity index is 1490. The van der Waals surface area contributed by atoms with Crippen molar-refractivity contribution < 1.29 is 9.18 Å². The number of aryl methyl sites for hydroxylation is 1. The van der Waals surface area contributed by atoms with Crippen molar-refractivity contribution in [2.75, 3.05) is 5.32 Å². The summed E-state index contributed by atoms with van der Waals surface area (Å²) in [5, 5.41) is 2.58. The molecule has 0 aliphatic heterocycles. The molecule has 0 spiro atoms. The van der Waals surface area contributed by atoms with Crippen molar-refractivity contribution >= 4 is 34.4 Å². The lowest BCUT2D eigenvalue weighted by Gasteiger charge is -2.13. The summed E-state index contributed by atoms with van der Waals surface area (Å²) >= 11 is 5.76. The van der Waals surface area contributed by atoms with Crippen LogP contribution in [0.1, 0.15) is 25.8 Å². The Morgan fingerprint density at radius 2 is 1.86 bits per heavy atom. The van der Waals surface area contributed by atoms with Crippen LogP contribution in [-0.4, -0.2) is 24.6 Å². The van der Waals surface area contributed by atoms with Gasteiger partial charge in [-0.25, -0.2) is 18.7 Å². The molecule has 0 unspecified atom stereocenters. The van der Waals surface area contributed by atoms with E-state index in [-0.39, 0.29) is 28.4 Å². The molecular formula is C25H25ClFN5O3. The van der Waals surface area contributed by atoms with Crippen molar-refractivity contribution in [2.45, 2.75) is 39.9 Å². The smallest absolute Gasteiger partial charge is 0.325 e. The summed E-state index contributed by atoms with van der Waals surface area (Å²) in [6, 6.07) is 13.1. The van der Waals surface area contributed by atoms with Crippen molar-refractivity contribution in [3.05, 3.63) is 92.1 Å². The van der Waals surface area contributed by atoms with E-state index in [0.717, 1.165) is 22.6 Å². The number of halogens is 2. The Labute approximate surface area is 205 Å². The second kappa shape index (κ2) is 10.3. The summed E-state index contributed by atoms with van der Waals surface area (Å²) in [7, 11) is 0. The number of aromatic nitrogens is 4. The zero-order valence-electron chi connectivity index (χ0n) is 19.4. The van der Waals surface area contributed by atoms with Gasteiger partial charge in [0.25, 0.3) is 5.56 Å². The summed E-state index contributed by atoms with van der Waals surface area (Å²) in [5.41, 5.74) is -0.0558. The van der Waals surface area contributed by atoms with Crippen molar-refractivity contribution in [1.29, 1.82) is 0 Å². The van der Waals surface area contributed by atoms with Crippen molar-refractivity contribution in [2.24, 2.45) is 5.92 Å². The van der Waals surface area contributed by atoms with Crippen LogP contribution in [0.15, 0.2) is 64.4 Å². The lowest BCUT2D eigenvalue weighted by atomic mass is 10.1. The SMILES string of the molecule is CC(C)CCn1cnc2c1c(=O)n(CC(=O)Nc1ccc(Cl)cc1F)c(=O)n2Cc1ccccc1. The van der Waals surface area contributed by atoms with E-state index in [0.29, 0.717) is 12.5 Å². The molecule has 10 heteroatoms. The van der Waals surface area contributed by atoms with E-state index >= 15 is 0 Å². The molecule has 4 aromatic rings. The van der Waals surface area contributed by atoms with E-state index in [9.17, 15) is 18.8 Å². The molecule has 1 N–H and O–H groups in total. The molecule has 0 radical (unpaired) electrons. The molecule has 8 nitrogen and oxygen atoms in total. The third-order valence-electron chi connectivity index (χ3n) is 5.62. The van der Waals surface area contributed by atoms with Crippen molar-refractivity contribution in [1.82, 2.24) is 18.7 Å². The zero-order chi connectivity index (χ0) is 25.1. The lowest BCUT2D eigenvalue weighted by molar-refractivity contribution is -0.116. The number of nitrogens with zero attached hydrogens (tertiary/aromatic N) is 4. The number of nitrogens with one attached hydrogen (secondary N) is 1. The molecule has 0 bridgehead atoms. The van der Waals surface area contributed by atoms with Gasteiger partial charge in [0, 0.05) is 11.6 Å². The highest BCUT2D eigenvalue weighted by atomic mass is 35.5. The van der Waals surface area contributed by atoms with Gasteiger partial charge in [0.15, 0.2) is 11.2 Å². The second-order valence-electron chi connectivity index (χ2n) is 8.71. The van der Waals surface area contributed by atoms with Crippen LogP contribution in [0.3, 0.4) is 0 Å². The van der Waals surface area contributed by atoms with Crippen LogP contribution in [0.4, 0.5) is 10.1 Å². The fourth-order valence-corrected chi connectivity index (χ4v) is 3.94. The Morgan fingerprint density at radius 3 is 2.54 bits per heavy atom. The quantitative estimate of drug-likeness (QED) is 0.400. The molecule has 0 saturated heterocycles. The molecular weight excluding hydrogens is 473 g/mol. The molecule has 0 saturated carbocycles. The topological polar surface area (TPSA) is 90.9 Å². The summed E-state index contributed by atoms with van der Waals surface area (Å²) in [4.78, 5) is 43.9. The Balaban J connectivity index is 1.77. The van der Waals surface area contributed by atoms with Crippen LogP contribution < -0.4 is 16.6 Å². The normalized spacial score (nSPS) is 11.3. The van der Waals surface area contributed by atoms with Crippen molar-refractivity contribution in [3.8, 4) is 0 Å². The van der Waals surface area contributed by atoms with Gasteiger partial charge in [-0.15, -0.1) is 0 Å². The summed E-state index contributed by atoms with van der Waals surface area (Å²) in [6.07, 6.45) is 2.35. The molecule has 0 atom stereocenters. The number of imidazole rings is 1. The molecule has 35 heavy (non-hydrogen) atoms. The van der Waals surface area contributed by atoms with Crippen LogP contribution in [-0.2, 0) is 24.4 Å². The largest absolute Gasteiger partial charge is 0.333 e. The number of hydrogen-bond donors (Lipinski definition) is 1. The fourth-order valence-electron chi connectivity index (χ4n) is 3.78. The number of carbonyl (C=O) groups excluding carboxylic acids is 1. The third kappa shape index (κ3) is 5.35. The van der Waals surface area contributed by atoms with Gasteiger partial charge >= 0.3 is 5.69 Å². The zero-order valence-corrected chi connectivity index (χ0v) is 20.1. The van der Waals surface area contributed by atoms with E-state index in [2.05, 4.69) is 24.1 Å². The molecule has 2 heterocycles. The van der Waals surface area contributed by atoms with Gasteiger partial charge in [-0.05, 0) is 36.1 Å². The van der Waals surface area contributed by atoms with Gasteiger partial charge in [0.05, 0.1) is 18.6 Å². The molecule has 0 fully saturated rings. The number of carbonyl (C=O) groups is 1. The molecule has 2 aromatic carbocycles. The standard InChI is InChI=1S/C25H25ClFN5O3/c1-16(2)10-11-30-15-28-23-22(30)24(34)32(25(35)31(23)13-17-6-4-3-5-7-17)14-21(33)29-20-9-8-18(26)12-19(20)27/h3-9,12,15-16H,10-11,13-14H2,1-2H3,(H,29,33). The number of anilines is 1. The van der Waals surface area contributed by atoms with Crippen LogP contribution in [0, 0.1) is 11.7 Å². The maximum Gasteiger partial charge on any atom is 0.333 e. The highest BCUT2D eigenvalue weighted by Gasteiger charge is 2.20. The summed E-state index contributed by atoms with van der Waals surface area (Å²) in [6.45, 7) is 4.27. The summed E-state index contributed by atoms with van der Waals surface area (Å²) in [5.74, 6) is -1.05. The minimum Gasteiger partial charge on any atom is -0.325 e. The Hall–Kier alpha value is -3.72. The van der Waals surface area contributed by atoms with Gasteiger partial charge < -0.3 is 9.88 Å². The van der Waals surface area contributed by atoms with Crippen molar-refractivity contribution in [3.63, 3.8) is 0 Å².